The predicted molar refractivity (Wildman–Crippen MR) is 83.2 cm³/mol. The first kappa shape index (κ1) is 15.7. The Bertz CT molecular complexity index is 412. The van der Waals surface area contributed by atoms with E-state index in [1.165, 1.54) is 0 Å². The average Bonchev–Trinajstić information content (AvgIpc) is 2.32. The lowest BCUT2D eigenvalue weighted by atomic mass is 10.2. The van der Waals surface area contributed by atoms with Crippen LogP contribution in [0.15, 0.2) is 23.1 Å². The summed E-state index contributed by atoms with van der Waals surface area (Å²) < 4.78 is 0. The van der Waals surface area contributed by atoms with Gasteiger partial charge in [-0.15, -0.1) is 12.6 Å². The number of thiol groups is 1. The number of carbonyl (C=O) groups is 1. The van der Waals surface area contributed by atoms with E-state index < -0.39 is 0 Å². The molecule has 0 aromatic heterocycles. The zero-order chi connectivity index (χ0) is 13.5. The van der Waals surface area contributed by atoms with Crippen molar-refractivity contribution in [2.24, 2.45) is 0 Å². The van der Waals surface area contributed by atoms with E-state index in [0.717, 1.165) is 22.8 Å². The van der Waals surface area contributed by atoms with Gasteiger partial charge in [0.25, 0.3) is 5.91 Å². The van der Waals surface area contributed by atoms with Crippen LogP contribution in [0.5, 0.6) is 0 Å². The van der Waals surface area contributed by atoms with Gasteiger partial charge in [-0.3, -0.25) is 4.79 Å². The zero-order valence-electron chi connectivity index (χ0n) is 10.6. The summed E-state index contributed by atoms with van der Waals surface area (Å²) in [4.78, 5) is 12.8. The summed E-state index contributed by atoms with van der Waals surface area (Å²) in [5.74, 6) is 2.02. The molecule has 1 unspecified atom stereocenters. The van der Waals surface area contributed by atoms with Crippen LogP contribution in [0.2, 0.25) is 5.02 Å². The van der Waals surface area contributed by atoms with Crippen LogP contribution in [0.4, 0.5) is 0 Å². The van der Waals surface area contributed by atoms with Gasteiger partial charge in [0, 0.05) is 10.9 Å². The Morgan fingerprint density at radius 1 is 1.56 bits per heavy atom. The van der Waals surface area contributed by atoms with E-state index in [2.05, 4.69) is 24.9 Å². The third-order valence-electron chi connectivity index (χ3n) is 2.47. The lowest BCUT2D eigenvalue weighted by Gasteiger charge is -2.14. The van der Waals surface area contributed by atoms with E-state index in [4.69, 9.17) is 11.6 Å². The van der Waals surface area contributed by atoms with Crippen molar-refractivity contribution < 1.29 is 4.79 Å². The number of nitrogens with one attached hydrogen (secondary N) is 1. The quantitative estimate of drug-likeness (QED) is 0.616. The fraction of sp³-hybridized carbons (Fsp3) is 0.462. The number of amides is 1. The summed E-state index contributed by atoms with van der Waals surface area (Å²) in [5, 5.41) is 3.41. The molecule has 0 aliphatic carbocycles. The Balaban J connectivity index is 2.56. The van der Waals surface area contributed by atoms with Crippen LogP contribution in [0.1, 0.15) is 30.6 Å². The Morgan fingerprint density at radius 2 is 2.28 bits per heavy atom. The van der Waals surface area contributed by atoms with Crippen molar-refractivity contribution in [3.8, 4) is 0 Å². The molecule has 0 aliphatic rings. The van der Waals surface area contributed by atoms with Gasteiger partial charge in [-0.1, -0.05) is 18.5 Å². The minimum atomic E-state index is -0.134. The molecule has 0 heterocycles. The molecule has 0 fully saturated rings. The Labute approximate surface area is 123 Å². The standard InChI is InChI=1S/C13H18ClNOS2/c1-3-18-7-6-9(2)15-13(16)11-8-10(17)4-5-12(11)14/h4-5,8-9,17H,3,6-7H2,1-2H3,(H,15,16). The second kappa shape index (κ2) is 7.97. The van der Waals surface area contributed by atoms with Crippen molar-refractivity contribution in [3.05, 3.63) is 28.8 Å². The van der Waals surface area contributed by atoms with Gasteiger partial charge in [0.2, 0.25) is 0 Å². The first-order valence-electron chi connectivity index (χ1n) is 5.91. The van der Waals surface area contributed by atoms with Crippen molar-refractivity contribution in [1.82, 2.24) is 5.32 Å². The van der Waals surface area contributed by atoms with Crippen LogP contribution in [-0.4, -0.2) is 23.5 Å². The van der Waals surface area contributed by atoms with Gasteiger partial charge >= 0.3 is 0 Å². The van der Waals surface area contributed by atoms with Gasteiger partial charge in [-0.25, -0.2) is 0 Å². The van der Waals surface area contributed by atoms with Gasteiger partial charge in [0.15, 0.2) is 0 Å². The topological polar surface area (TPSA) is 29.1 Å². The van der Waals surface area contributed by atoms with E-state index in [-0.39, 0.29) is 11.9 Å². The third-order valence-corrected chi connectivity index (χ3v) is 4.01. The molecule has 18 heavy (non-hydrogen) atoms. The summed E-state index contributed by atoms with van der Waals surface area (Å²) in [6, 6.07) is 5.30. The van der Waals surface area contributed by atoms with Crippen LogP contribution in [-0.2, 0) is 0 Å². The molecule has 1 amide bonds. The summed E-state index contributed by atoms with van der Waals surface area (Å²) in [5.41, 5.74) is 0.485. The molecule has 100 valence electrons. The first-order valence-corrected chi connectivity index (χ1v) is 7.89. The molecule has 0 spiro atoms. The van der Waals surface area contributed by atoms with Gasteiger partial charge in [0.05, 0.1) is 10.6 Å². The Morgan fingerprint density at radius 3 is 2.94 bits per heavy atom. The highest BCUT2D eigenvalue weighted by atomic mass is 35.5. The van der Waals surface area contributed by atoms with Crippen LogP contribution < -0.4 is 5.32 Å². The van der Waals surface area contributed by atoms with Crippen molar-refractivity contribution in [2.75, 3.05) is 11.5 Å². The molecule has 1 N–H and O–H groups in total. The SMILES string of the molecule is CCSCCC(C)NC(=O)c1cc(S)ccc1Cl. The molecule has 2 nitrogen and oxygen atoms in total. The van der Waals surface area contributed by atoms with Crippen LogP contribution in [0.3, 0.4) is 0 Å². The van der Waals surface area contributed by atoms with E-state index in [0.29, 0.717) is 10.6 Å². The number of benzene rings is 1. The maximum absolute atomic E-state index is 12.0. The molecule has 0 aliphatic heterocycles. The molecular weight excluding hydrogens is 286 g/mol. The van der Waals surface area contributed by atoms with Crippen molar-refractivity contribution in [1.29, 1.82) is 0 Å². The molecule has 1 aromatic rings. The number of thioether (sulfide) groups is 1. The average molecular weight is 304 g/mol. The molecule has 0 radical (unpaired) electrons. The zero-order valence-corrected chi connectivity index (χ0v) is 13.0. The second-order valence-electron chi connectivity index (χ2n) is 4.02. The molecule has 0 bridgehead atoms. The molecular formula is C13H18ClNOS2. The highest BCUT2D eigenvalue weighted by molar-refractivity contribution is 7.99. The van der Waals surface area contributed by atoms with Crippen molar-refractivity contribution in [3.63, 3.8) is 0 Å². The smallest absolute Gasteiger partial charge is 0.253 e. The highest BCUT2D eigenvalue weighted by Crippen LogP contribution is 2.19. The summed E-state index contributed by atoms with van der Waals surface area (Å²) >= 11 is 12.1. The van der Waals surface area contributed by atoms with E-state index in [9.17, 15) is 4.79 Å². The number of hydrogen-bond acceptors (Lipinski definition) is 3. The second-order valence-corrected chi connectivity index (χ2v) is 6.34. The van der Waals surface area contributed by atoms with E-state index in [1.54, 1.807) is 18.2 Å². The van der Waals surface area contributed by atoms with Gasteiger partial charge in [0.1, 0.15) is 0 Å². The largest absolute Gasteiger partial charge is 0.350 e. The molecule has 1 rings (SSSR count). The van der Waals surface area contributed by atoms with Crippen molar-refractivity contribution in [2.45, 2.75) is 31.2 Å². The number of hydrogen-bond donors (Lipinski definition) is 2. The normalized spacial score (nSPS) is 12.2. The number of carbonyl (C=O) groups excluding carboxylic acids is 1. The van der Waals surface area contributed by atoms with E-state index >= 15 is 0 Å². The lowest BCUT2D eigenvalue weighted by molar-refractivity contribution is 0.0939. The summed E-state index contributed by atoms with van der Waals surface area (Å²) in [6.07, 6.45) is 0.961. The Kier molecular flexibility index (Phi) is 6.97. The van der Waals surface area contributed by atoms with Crippen molar-refractivity contribution >= 4 is 41.9 Å². The van der Waals surface area contributed by atoms with E-state index in [1.807, 2.05) is 18.7 Å². The van der Waals surface area contributed by atoms with Crippen LogP contribution >= 0.6 is 36.0 Å². The summed E-state index contributed by atoms with van der Waals surface area (Å²) in [6.45, 7) is 4.14. The van der Waals surface area contributed by atoms with Crippen LogP contribution in [0, 0.1) is 0 Å². The van der Waals surface area contributed by atoms with Gasteiger partial charge in [-0.05, 0) is 43.0 Å². The minimum Gasteiger partial charge on any atom is -0.350 e. The maximum atomic E-state index is 12.0. The number of halogens is 1. The van der Waals surface area contributed by atoms with Gasteiger partial charge < -0.3 is 5.32 Å². The lowest BCUT2D eigenvalue weighted by Crippen LogP contribution is -2.33. The fourth-order valence-corrected chi connectivity index (χ4v) is 2.68. The molecule has 1 aromatic carbocycles. The Hall–Kier alpha value is -0.320. The molecule has 0 saturated heterocycles. The first-order chi connectivity index (χ1) is 8.54. The molecule has 5 heteroatoms. The minimum absolute atomic E-state index is 0.134. The van der Waals surface area contributed by atoms with Crippen LogP contribution in [0.25, 0.3) is 0 Å². The maximum Gasteiger partial charge on any atom is 0.253 e. The third kappa shape index (κ3) is 5.12. The molecule has 1 atom stereocenters. The number of rotatable bonds is 6. The van der Waals surface area contributed by atoms with Gasteiger partial charge in [-0.2, -0.15) is 11.8 Å². The molecule has 0 saturated carbocycles. The highest BCUT2D eigenvalue weighted by Gasteiger charge is 2.13. The summed E-state index contributed by atoms with van der Waals surface area (Å²) in [7, 11) is 0. The fourth-order valence-electron chi connectivity index (χ4n) is 1.47. The predicted octanol–water partition coefficient (Wildman–Crippen LogP) is 3.89. The monoisotopic (exact) mass is 303 g/mol.